The van der Waals surface area contributed by atoms with E-state index in [0.717, 1.165) is 30.5 Å². The molecule has 106 valence electrons. The lowest BCUT2D eigenvalue weighted by Crippen LogP contribution is -2.42. The molecule has 4 heteroatoms. The van der Waals surface area contributed by atoms with Gasteiger partial charge in [0.25, 0.3) is 0 Å². The van der Waals surface area contributed by atoms with Crippen LogP contribution < -0.4 is 10.2 Å². The average molecular weight is 262 g/mol. The van der Waals surface area contributed by atoms with Gasteiger partial charge in [-0.05, 0) is 25.7 Å². The molecule has 0 aromatic carbocycles. The number of rotatable bonds is 4. The fourth-order valence-electron chi connectivity index (χ4n) is 2.48. The molecule has 19 heavy (non-hydrogen) atoms. The van der Waals surface area contributed by atoms with Crippen LogP contribution in [0.5, 0.6) is 0 Å². The SMILES string of the molecule is CC1CCC(C)N(c2ncc(CNC(C)C)cn2)C1. The van der Waals surface area contributed by atoms with E-state index in [1.165, 1.54) is 12.8 Å². The van der Waals surface area contributed by atoms with Crippen LogP contribution in [0, 0.1) is 5.92 Å². The molecule has 0 spiro atoms. The van der Waals surface area contributed by atoms with Crippen LogP contribution >= 0.6 is 0 Å². The summed E-state index contributed by atoms with van der Waals surface area (Å²) in [4.78, 5) is 11.4. The van der Waals surface area contributed by atoms with Gasteiger partial charge in [0.15, 0.2) is 0 Å². The molecule has 1 saturated heterocycles. The lowest BCUT2D eigenvalue weighted by molar-refractivity contribution is 0.385. The maximum Gasteiger partial charge on any atom is 0.225 e. The summed E-state index contributed by atoms with van der Waals surface area (Å²) in [6.45, 7) is 10.8. The van der Waals surface area contributed by atoms with Gasteiger partial charge in [-0.3, -0.25) is 0 Å². The first-order valence-electron chi connectivity index (χ1n) is 7.37. The Morgan fingerprint density at radius 1 is 1.26 bits per heavy atom. The Hall–Kier alpha value is -1.16. The molecular formula is C15H26N4. The fourth-order valence-corrected chi connectivity index (χ4v) is 2.48. The molecule has 2 rings (SSSR count). The third kappa shape index (κ3) is 3.90. The number of hydrogen-bond donors (Lipinski definition) is 1. The number of nitrogens with one attached hydrogen (secondary N) is 1. The standard InChI is InChI=1S/C15H26N4/c1-11(2)16-7-14-8-17-15(18-9-14)19-10-12(3)5-6-13(19)4/h8-9,11-13,16H,5-7,10H2,1-4H3. The normalized spacial score (nSPS) is 23.9. The Balaban J connectivity index is 2.00. The highest BCUT2D eigenvalue weighted by Crippen LogP contribution is 2.24. The van der Waals surface area contributed by atoms with Crippen molar-refractivity contribution in [2.24, 2.45) is 5.92 Å². The molecule has 4 nitrogen and oxygen atoms in total. The summed E-state index contributed by atoms with van der Waals surface area (Å²) >= 11 is 0. The molecule has 2 atom stereocenters. The van der Waals surface area contributed by atoms with Crippen molar-refractivity contribution in [1.29, 1.82) is 0 Å². The molecule has 1 aliphatic heterocycles. The number of piperidine rings is 1. The Bertz CT molecular complexity index is 388. The predicted molar refractivity (Wildman–Crippen MR) is 79.2 cm³/mol. The summed E-state index contributed by atoms with van der Waals surface area (Å²) in [5.74, 6) is 1.62. The maximum atomic E-state index is 4.54. The number of hydrogen-bond acceptors (Lipinski definition) is 4. The van der Waals surface area contributed by atoms with E-state index in [9.17, 15) is 0 Å². The Morgan fingerprint density at radius 3 is 2.58 bits per heavy atom. The minimum atomic E-state index is 0.489. The van der Waals surface area contributed by atoms with Gasteiger partial charge >= 0.3 is 0 Å². The molecule has 1 aromatic rings. The van der Waals surface area contributed by atoms with Crippen LogP contribution in [0.15, 0.2) is 12.4 Å². The highest BCUT2D eigenvalue weighted by Gasteiger charge is 2.24. The zero-order valence-electron chi connectivity index (χ0n) is 12.6. The summed E-state index contributed by atoms with van der Waals surface area (Å²) < 4.78 is 0. The van der Waals surface area contributed by atoms with Crippen molar-refractivity contribution >= 4 is 5.95 Å². The van der Waals surface area contributed by atoms with Crippen LogP contribution in [0.3, 0.4) is 0 Å². The highest BCUT2D eigenvalue weighted by molar-refractivity contribution is 5.32. The van der Waals surface area contributed by atoms with E-state index in [2.05, 4.69) is 47.9 Å². The number of aromatic nitrogens is 2. The smallest absolute Gasteiger partial charge is 0.225 e. The summed E-state index contributed by atoms with van der Waals surface area (Å²) in [5, 5.41) is 3.38. The van der Waals surface area contributed by atoms with E-state index >= 15 is 0 Å². The molecule has 1 fully saturated rings. The molecule has 2 unspecified atom stereocenters. The van der Waals surface area contributed by atoms with Crippen LogP contribution in [-0.4, -0.2) is 28.6 Å². The van der Waals surface area contributed by atoms with Crippen LogP contribution in [0.25, 0.3) is 0 Å². The minimum absolute atomic E-state index is 0.489. The largest absolute Gasteiger partial charge is 0.338 e. The van der Waals surface area contributed by atoms with Gasteiger partial charge in [0.05, 0.1) is 0 Å². The van der Waals surface area contributed by atoms with Crippen molar-refractivity contribution in [3.8, 4) is 0 Å². The van der Waals surface area contributed by atoms with Gasteiger partial charge in [0, 0.05) is 43.1 Å². The Labute approximate surface area is 116 Å². The second-order valence-electron chi connectivity index (χ2n) is 6.11. The maximum absolute atomic E-state index is 4.54. The molecular weight excluding hydrogens is 236 g/mol. The monoisotopic (exact) mass is 262 g/mol. The molecule has 1 aliphatic rings. The first-order valence-corrected chi connectivity index (χ1v) is 7.37. The van der Waals surface area contributed by atoms with Crippen molar-refractivity contribution in [3.05, 3.63) is 18.0 Å². The van der Waals surface area contributed by atoms with Gasteiger partial charge < -0.3 is 10.2 Å². The van der Waals surface area contributed by atoms with E-state index in [1.807, 2.05) is 12.4 Å². The van der Waals surface area contributed by atoms with Crippen molar-refractivity contribution in [2.75, 3.05) is 11.4 Å². The summed E-state index contributed by atoms with van der Waals surface area (Å²) in [7, 11) is 0. The molecule has 2 heterocycles. The molecule has 0 amide bonds. The Morgan fingerprint density at radius 2 is 1.95 bits per heavy atom. The average Bonchev–Trinajstić information content (AvgIpc) is 2.40. The zero-order chi connectivity index (χ0) is 13.8. The minimum Gasteiger partial charge on any atom is -0.338 e. The molecule has 0 radical (unpaired) electrons. The third-order valence-electron chi connectivity index (χ3n) is 3.78. The van der Waals surface area contributed by atoms with E-state index in [0.29, 0.717) is 12.1 Å². The molecule has 1 aromatic heterocycles. The predicted octanol–water partition coefficient (Wildman–Crippen LogP) is 2.60. The molecule has 0 bridgehead atoms. The summed E-state index contributed by atoms with van der Waals surface area (Å²) in [6.07, 6.45) is 6.45. The van der Waals surface area contributed by atoms with Gasteiger partial charge in [0.1, 0.15) is 0 Å². The van der Waals surface area contributed by atoms with Crippen molar-refractivity contribution in [1.82, 2.24) is 15.3 Å². The van der Waals surface area contributed by atoms with Crippen LogP contribution in [0.4, 0.5) is 5.95 Å². The van der Waals surface area contributed by atoms with Crippen LogP contribution in [0.2, 0.25) is 0 Å². The van der Waals surface area contributed by atoms with Gasteiger partial charge in [-0.15, -0.1) is 0 Å². The second kappa shape index (κ2) is 6.33. The second-order valence-corrected chi connectivity index (χ2v) is 6.11. The number of anilines is 1. The first-order chi connectivity index (χ1) is 9.06. The topological polar surface area (TPSA) is 41.1 Å². The van der Waals surface area contributed by atoms with Gasteiger partial charge in [-0.1, -0.05) is 20.8 Å². The van der Waals surface area contributed by atoms with Crippen molar-refractivity contribution in [3.63, 3.8) is 0 Å². The summed E-state index contributed by atoms with van der Waals surface area (Å²) in [6, 6.07) is 1.04. The number of nitrogens with zero attached hydrogens (tertiary/aromatic N) is 3. The summed E-state index contributed by atoms with van der Waals surface area (Å²) in [5.41, 5.74) is 1.15. The van der Waals surface area contributed by atoms with Crippen molar-refractivity contribution < 1.29 is 0 Å². The van der Waals surface area contributed by atoms with Gasteiger partial charge in [-0.2, -0.15) is 0 Å². The Kier molecular flexibility index (Phi) is 4.75. The van der Waals surface area contributed by atoms with E-state index in [-0.39, 0.29) is 0 Å². The molecule has 0 aliphatic carbocycles. The lowest BCUT2D eigenvalue weighted by Gasteiger charge is -2.36. The third-order valence-corrected chi connectivity index (χ3v) is 3.78. The van der Waals surface area contributed by atoms with E-state index < -0.39 is 0 Å². The zero-order valence-corrected chi connectivity index (χ0v) is 12.6. The van der Waals surface area contributed by atoms with Gasteiger partial charge in [0.2, 0.25) is 5.95 Å². The van der Waals surface area contributed by atoms with Crippen LogP contribution in [0.1, 0.15) is 46.1 Å². The van der Waals surface area contributed by atoms with E-state index in [1.54, 1.807) is 0 Å². The molecule has 0 saturated carbocycles. The molecule has 1 N–H and O–H groups in total. The van der Waals surface area contributed by atoms with Gasteiger partial charge in [-0.25, -0.2) is 9.97 Å². The quantitative estimate of drug-likeness (QED) is 0.905. The van der Waals surface area contributed by atoms with Crippen LogP contribution in [-0.2, 0) is 6.54 Å². The van der Waals surface area contributed by atoms with E-state index in [4.69, 9.17) is 0 Å². The fraction of sp³-hybridized carbons (Fsp3) is 0.733. The van der Waals surface area contributed by atoms with Crippen molar-refractivity contribution in [2.45, 2.75) is 59.2 Å². The first kappa shape index (κ1) is 14.3. The highest BCUT2D eigenvalue weighted by atomic mass is 15.3. The lowest BCUT2D eigenvalue weighted by atomic mass is 9.95.